The molecule has 2 saturated heterocycles. The molecule has 0 radical (unpaired) electrons. The lowest BCUT2D eigenvalue weighted by Crippen LogP contribution is -2.39. The highest BCUT2D eigenvalue weighted by molar-refractivity contribution is 5.77. The Morgan fingerprint density at radius 2 is 2.12 bits per heavy atom. The van der Waals surface area contributed by atoms with Gasteiger partial charge in [-0.1, -0.05) is 5.16 Å². The van der Waals surface area contributed by atoms with Crippen LogP contribution in [0.4, 0.5) is 5.95 Å². The molecular formula is C18H23N5O3. The SMILES string of the molecule is Cc1cc(-c2cnc(N3CCC(C(N)=O)CC3)nc2C2CCCO2)on1. The van der Waals surface area contributed by atoms with Gasteiger partial charge in [0, 0.05) is 37.9 Å². The molecule has 0 aromatic carbocycles. The van der Waals surface area contributed by atoms with Crippen molar-refractivity contribution in [1.29, 1.82) is 0 Å². The fourth-order valence-electron chi connectivity index (χ4n) is 3.62. The van der Waals surface area contributed by atoms with Crippen LogP contribution < -0.4 is 10.6 Å². The van der Waals surface area contributed by atoms with Crippen LogP contribution in [0.5, 0.6) is 0 Å². The van der Waals surface area contributed by atoms with Gasteiger partial charge in [0.15, 0.2) is 5.76 Å². The van der Waals surface area contributed by atoms with E-state index in [2.05, 4.69) is 15.0 Å². The largest absolute Gasteiger partial charge is 0.372 e. The Labute approximate surface area is 151 Å². The summed E-state index contributed by atoms with van der Waals surface area (Å²) in [5, 5.41) is 3.97. The van der Waals surface area contributed by atoms with Crippen LogP contribution in [-0.4, -0.2) is 40.7 Å². The number of aromatic nitrogens is 3. The molecule has 1 unspecified atom stereocenters. The number of hydrogen-bond donors (Lipinski definition) is 1. The number of primary amides is 1. The fourth-order valence-corrected chi connectivity index (χ4v) is 3.62. The number of nitrogens with zero attached hydrogens (tertiary/aromatic N) is 4. The third-order valence-corrected chi connectivity index (χ3v) is 5.11. The molecule has 2 N–H and O–H groups in total. The van der Waals surface area contributed by atoms with Crippen LogP contribution in [0.15, 0.2) is 16.8 Å². The smallest absolute Gasteiger partial charge is 0.225 e. The van der Waals surface area contributed by atoms with Gasteiger partial charge in [0.2, 0.25) is 11.9 Å². The zero-order valence-corrected chi connectivity index (χ0v) is 14.9. The summed E-state index contributed by atoms with van der Waals surface area (Å²) < 4.78 is 11.3. The summed E-state index contributed by atoms with van der Waals surface area (Å²) in [6, 6.07) is 1.88. The van der Waals surface area contributed by atoms with E-state index in [4.69, 9.17) is 20.0 Å². The van der Waals surface area contributed by atoms with Crippen molar-refractivity contribution >= 4 is 11.9 Å². The third kappa shape index (κ3) is 3.29. The Morgan fingerprint density at radius 1 is 1.31 bits per heavy atom. The minimum atomic E-state index is -0.221. The molecule has 0 aliphatic carbocycles. The molecule has 0 spiro atoms. The van der Waals surface area contributed by atoms with Gasteiger partial charge in [-0.3, -0.25) is 4.79 Å². The van der Waals surface area contributed by atoms with Gasteiger partial charge in [-0.2, -0.15) is 0 Å². The lowest BCUT2D eigenvalue weighted by atomic mass is 9.96. The van der Waals surface area contributed by atoms with Gasteiger partial charge >= 0.3 is 0 Å². The summed E-state index contributed by atoms with van der Waals surface area (Å²) in [5.74, 6) is 1.05. The van der Waals surface area contributed by atoms with Crippen molar-refractivity contribution in [2.45, 2.75) is 38.7 Å². The summed E-state index contributed by atoms with van der Waals surface area (Å²) in [6.07, 6.45) is 5.15. The monoisotopic (exact) mass is 357 g/mol. The summed E-state index contributed by atoms with van der Waals surface area (Å²) in [7, 11) is 0. The van der Waals surface area contributed by atoms with E-state index in [-0.39, 0.29) is 17.9 Å². The van der Waals surface area contributed by atoms with Gasteiger partial charge in [0.1, 0.15) is 6.10 Å². The molecule has 2 fully saturated rings. The van der Waals surface area contributed by atoms with E-state index in [0.717, 1.165) is 62.3 Å². The lowest BCUT2D eigenvalue weighted by Gasteiger charge is -2.31. The predicted octanol–water partition coefficient (Wildman–Crippen LogP) is 1.99. The summed E-state index contributed by atoms with van der Waals surface area (Å²) in [6.45, 7) is 4.07. The zero-order valence-electron chi connectivity index (χ0n) is 14.9. The second-order valence-corrected chi connectivity index (χ2v) is 6.97. The van der Waals surface area contributed by atoms with Crippen molar-refractivity contribution in [1.82, 2.24) is 15.1 Å². The third-order valence-electron chi connectivity index (χ3n) is 5.11. The summed E-state index contributed by atoms with van der Waals surface area (Å²) in [4.78, 5) is 22.8. The number of amides is 1. The van der Waals surface area contributed by atoms with Crippen LogP contribution in [0.25, 0.3) is 11.3 Å². The molecule has 2 aliphatic heterocycles. The molecule has 2 aromatic heterocycles. The Hall–Kier alpha value is -2.48. The van der Waals surface area contributed by atoms with Gasteiger partial charge in [-0.05, 0) is 32.6 Å². The highest BCUT2D eigenvalue weighted by Gasteiger charge is 2.28. The maximum atomic E-state index is 11.4. The van der Waals surface area contributed by atoms with Crippen molar-refractivity contribution < 1.29 is 14.1 Å². The molecule has 0 bridgehead atoms. The standard InChI is InChI=1S/C18H23N5O3/c1-11-9-15(26-22-11)13-10-20-18(21-16(13)14-3-2-8-25-14)23-6-4-12(5-7-23)17(19)24/h9-10,12,14H,2-8H2,1H3,(H2,19,24). The lowest BCUT2D eigenvalue weighted by molar-refractivity contribution is -0.122. The normalized spacial score (nSPS) is 21.3. The molecule has 2 aliphatic rings. The molecule has 138 valence electrons. The van der Waals surface area contributed by atoms with Gasteiger partial charge in [0.25, 0.3) is 0 Å². The van der Waals surface area contributed by atoms with Crippen LogP contribution in [0.2, 0.25) is 0 Å². The summed E-state index contributed by atoms with van der Waals surface area (Å²) in [5.41, 5.74) is 7.91. The van der Waals surface area contributed by atoms with E-state index >= 15 is 0 Å². The van der Waals surface area contributed by atoms with E-state index in [1.165, 1.54) is 0 Å². The highest BCUT2D eigenvalue weighted by Crippen LogP contribution is 2.35. The average Bonchev–Trinajstić information content (AvgIpc) is 3.33. The van der Waals surface area contributed by atoms with E-state index in [9.17, 15) is 4.79 Å². The number of anilines is 1. The van der Waals surface area contributed by atoms with E-state index in [0.29, 0.717) is 11.7 Å². The van der Waals surface area contributed by atoms with E-state index in [1.807, 2.05) is 13.0 Å². The molecule has 26 heavy (non-hydrogen) atoms. The maximum Gasteiger partial charge on any atom is 0.225 e. The first-order valence-corrected chi connectivity index (χ1v) is 9.08. The first-order chi connectivity index (χ1) is 12.6. The number of carbonyl (C=O) groups is 1. The predicted molar refractivity (Wildman–Crippen MR) is 94.3 cm³/mol. The van der Waals surface area contributed by atoms with Crippen LogP contribution in [0, 0.1) is 12.8 Å². The van der Waals surface area contributed by atoms with Crippen LogP contribution in [-0.2, 0) is 9.53 Å². The molecule has 8 nitrogen and oxygen atoms in total. The van der Waals surface area contributed by atoms with Crippen LogP contribution >= 0.6 is 0 Å². The topological polar surface area (TPSA) is 107 Å². The zero-order chi connectivity index (χ0) is 18.1. The maximum absolute atomic E-state index is 11.4. The molecule has 8 heteroatoms. The molecule has 0 saturated carbocycles. The molecule has 1 amide bonds. The van der Waals surface area contributed by atoms with Crippen molar-refractivity contribution in [2.75, 3.05) is 24.6 Å². The average molecular weight is 357 g/mol. The second-order valence-electron chi connectivity index (χ2n) is 6.97. The highest BCUT2D eigenvalue weighted by atomic mass is 16.5. The number of hydrogen-bond acceptors (Lipinski definition) is 7. The Bertz CT molecular complexity index is 792. The van der Waals surface area contributed by atoms with Crippen molar-refractivity contribution in [3.8, 4) is 11.3 Å². The Kier molecular flexibility index (Phi) is 4.58. The first kappa shape index (κ1) is 17.0. The quantitative estimate of drug-likeness (QED) is 0.891. The van der Waals surface area contributed by atoms with Gasteiger partial charge in [0.05, 0.1) is 17.0 Å². The van der Waals surface area contributed by atoms with E-state index in [1.54, 1.807) is 6.20 Å². The van der Waals surface area contributed by atoms with Gasteiger partial charge in [-0.15, -0.1) is 0 Å². The number of carbonyl (C=O) groups excluding carboxylic acids is 1. The number of rotatable bonds is 4. The Balaban J connectivity index is 1.63. The van der Waals surface area contributed by atoms with E-state index < -0.39 is 0 Å². The molecular weight excluding hydrogens is 334 g/mol. The van der Waals surface area contributed by atoms with Crippen molar-refractivity contribution in [3.05, 3.63) is 23.7 Å². The molecule has 2 aromatic rings. The van der Waals surface area contributed by atoms with Crippen LogP contribution in [0.3, 0.4) is 0 Å². The number of aryl methyl sites for hydroxylation is 1. The second kappa shape index (κ2) is 7.03. The fraction of sp³-hybridized carbons (Fsp3) is 0.556. The minimum Gasteiger partial charge on any atom is -0.372 e. The molecule has 4 heterocycles. The number of ether oxygens (including phenoxy) is 1. The van der Waals surface area contributed by atoms with Gasteiger partial charge in [-0.25, -0.2) is 9.97 Å². The number of nitrogens with two attached hydrogens (primary N) is 1. The Morgan fingerprint density at radius 3 is 2.73 bits per heavy atom. The molecule has 4 rings (SSSR count). The van der Waals surface area contributed by atoms with Crippen molar-refractivity contribution in [2.24, 2.45) is 11.7 Å². The first-order valence-electron chi connectivity index (χ1n) is 9.08. The minimum absolute atomic E-state index is 0.0553. The van der Waals surface area contributed by atoms with Crippen molar-refractivity contribution in [3.63, 3.8) is 0 Å². The number of piperidine rings is 1. The molecule has 1 atom stereocenters. The van der Waals surface area contributed by atoms with Crippen LogP contribution in [0.1, 0.15) is 43.2 Å². The van der Waals surface area contributed by atoms with Gasteiger partial charge < -0.3 is 19.9 Å². The summed E-state index contributed by atoms with van der Waals surface area (Å²) >= 11 is 0.